The van der Waals surface area contributed by atoms with Gasteiger partial charge in [-0.1, -0.05) is 13.8 Å². The zero-order chi connectivity index (χ0) is 24.4. The Labute approximate surface area is 200 Å². The highest BCUT2D eigenvalue weighted by Crippen LogP contribution is 2.25. The van der Waals surface area contributed by atoms with Crippen LogP contribution in [0.2, 0.25) is 0 Å². The van der Waals surface area contributed by atoms with Crippen molar-refractivity contribution in [3.05, 3.63) is 29.4 Å². The van der Waals surface area contributed by atoms with Crippen LogP contribution in [-0.2, 0) is 9.47 Å². The van der Waals surface area contributed by atoms with Gasteiger partial charge in [-0.05, 0) is 52.5 Å². The number of piperidine rings is 1. The van der Waals surface area contributed by atoms with Crippen molar-refractivity contribution >= 4 is 36.6 Å². The first-order valence-electron chi connectivity index (χ1n) is 11.1. The van der Waals surface area contributed by atoms with Gasteiger partial charge in [0.1, 0.15) is 12.9 Å². The number of amides is 1. The van der Waals surface area contributed by atoms with E-state index in [0.29, 0.717) is 31.2 Å². The molecule has 0 saturated carbocycles. The molecule has 1 fully saturated rings. The molecule has 0 radical (unpaired) electrons. The predicted molar refractivity (Wildman–Crippen MR) is 133 cm³/mol. The van der Waals surface area contributed by atoms with Crippen LogP contribution in [0.5, 0.6) is 0 Å². The number of aryl methyl sites for hydroxylation is 1. The Morgan fingerprint density at radius 1 is 1.36 bits per heavy atom. The van der Waals surface area contributed by atoms with Crippen molar-refractivity contribution < 1.29 is 19.4 Å². The van der Waals surface area contributed by atoms with Crippen molar-refractivity contribution in [1.29, 1.82) is 0 Å². The minimum Gasteiger partial charge on any atom is -0.506 e. The van der Waals surface area contributed by atoms with E-state index in [1.807, 2.05) is 32.9 Å². The van der Waals surface area contributed by atoms with Crippen LogP contribution in [0, 0.1) is 6.92 Å². The fourth-order valence-corrected chi connectivity index (χ4v) is 3.95. The first kappa shape index (κ1) is 26.7. The van der Waals surface area contributed by atoms with Gasteiger partial charge in [0.05, 0.1) is 28.6 Å². The van der Waals surface area contributed by atoms with Crippen LogP contribution in [0.4, 0.5) is 10.5 Å². The number of hydrogen-bond acceptors (Lipinski definition) is 8. The van der Waals surface area contributed by atoms with E-state index in [2.05, 4.69) is 40.9 Å². The third-order valence-corrected chi connectivity index (χ3v) is 5.64. The van der Waals surface area contributed by atoms with E-state index in [-0.39, 0.29) is 36.5 Å². The van der Waals surface area contributed by atoms with Gasteiger partial charge in [0.25, 0.3) is 0 Å². The molecule has 1 amide bonds. The number of carbonyl (C=O) groups is 1. The summed E-state index contributed by atoms with van der Waals surface area (Å²) < 4.78 is 11.1. The molecule has 2 heterocycles. The van der Waals surface area contributed by atoms with E-state index in [4.69, 9.17) is 9.47 Å². The van der Waals surface area contributed by atoms with Crippen LogP contribution in [-0.4, -0.2) is 71.3 Å². The van der Waals surface area contributed by atoms with Crippen LogP contribution in [0.15, 0.2) is 38.7 Å². The maximum absolute atomic E-state index is 12.0. The molecule has 2 N–H and O–H groups in total. The third-order valence-electron chi connectivity index (χ3n) is 4.70. The number of thioether (sulfide) groups is 1. The lowest BCUT2D eigenvalue weighted by Crippen LogP contribution is -2.42. The Kier molecular flexibility index (Phi) is 10.7. The number of ether oxygens (including phenoxy) is 2. The molecule has 33 heavy (non-hydrogen) atoms. The number of nitrogens with zero attached hydrogens (tertiary/aromatic N) is 4. The summed E-state index contributed by atoms with van der Waals surface area (Å²) in [6.45, 7) is 14.3. The van der Waals surface area contributed by atoms with E-state index in [9.17, 15) is 9.90 Å². The first-order valence-corrected chi connectivity index (χ1v) is 12.0. The monoisotopic (exact) mass is 477 g/mol. The number of anilines is 1. The number of nitrogens with one attached hydrogen (secondary N) is 1. The molecule has 2 rings (SSSR count). The highest BCUT2D eigenvalue weighted by atomic mass is 32.2. The molecule has 0 atom stereocenters. The Bertz CT molecular complexity index is 864. The van der Waals surface area contributed by atoms with Crippen molar-refractivity contribution in [3.8, 4) is 0 Å². The summed E-state index contributed by atoms with van der Waals surface area (Å²) in [5, 5.41) is 15.1. The average Bonchev–Trinajstić information content (AvgIpc) is 2.75. The number of aromatic nitrogens is 1. The molecule has 0 spiro atoms. The Morgan fingerprint density at radius 3 is 2.64 bits per heavy atom. The quantitative estimate of drug-likeness (QED) is 0.216. The third kappa shape index (κ3) is 9.05. The van der Waals surface area contributed by atoms with Crippen LogP contribution >= 0.6 is 11.8 Å². The maximum Gasteiger partial charge on any atom is 0.410 e. The van der Waals surface area contributed by atoms with Crippen LogP contribution < -0.4 is 5.32 Å². The molecule has 1 saturated heterocycles. The molecular formula is C23H35N5O4S. The van der Waals surface area contributed by atoms with E-state index in [0.717, 1.165) is 16.4 Å². The van der Waals surface area contributed by atoms with E-state index in [1.165, 1.54) is 6.34 Å². The first-order chi connectivity index (χ1) is 15.7. The normalized spacial score (nSPS) is 15.8. The fourth-order valence-electron chi connectivity index (χ4n) is 3.13. The summed E-state index contributed by atoms with van der Waals surface area (Å²) in [6, 6.07) is 3.84. The summed E-state index contributed by atoms with van der Waals surface area (Å²) >= 11 is 1.68. The van der Waals surface area contributed by atoms with Crippen molar-refractivity contribution in [3.63, 3.8) is 0 Å². The number of rotatable bonds is 10. The van der Waals surface area contributed by atoms with Gasteiger partial charge in [-0.2, -0.15) is 0 Å². The summed E-state index contributed by atoms with van der Waals surface area (Å²) in [6.07, 6.45) is 2.06. The molecule has 0 unspecified atom stereocenters. The Morgan fingerprint density at radius 2 is 2.06 bits per heavy atom. The fraction of sp³-hybridized carbons (Fsp3) is 0.565. The number of pyridine rings is 1. The molecule has 1 aromatic heterocycles. The van der Waals surface area contributed by atoms with E-state index >= 15 is 0 Å². The highest BCUT2D eigenvalue weighted by Gasteiger charge is 2.25. The minimum absolute atomic E-state index is 0.0221. The topological polar surface area (TPSA) is 109 Å². The zero-order valence-electron chi connectivity index (χ0n) is 20.1. The average molecular weight is 478 g/mol. The van der Waals surface area contributed by atoms with Gasteiger partial charge < -0.3 is 24.8 Å². The summed E-state index contributed by atoms with van der Waals surface area (Å²) in [5.41, 5.74) is 1.51. The Hall–Kier alpha value is -2.59. The molecule has 1 aliphatic rings. The van der Waals surface area contributed by atoms with Gasteiger partial charge in [-0.3, -0.25) is 4.99 Å². The zero-order valence-corrected chi connectivity index (χ0v) is 20.9. The molecular weight excluding hydrogens is 442 g/mol. The Balaban J connectivity index is 1.99. The van der Waals surface area contributed by atoms with Gasteiger partial charge in [0.15, 0.2) is 11.6 Å². The standard InChI is InChI=1S/C23H35N5O4S/c1-15(2)32-23(30)28-11-9-18(10-12-28)31-13-20(29)22(25-14-24-6)27-19-7-8-21(26-17(19)5)33-16(3)4/h7-8,14-16,18,27,29H,6,9-13H2,1-5H3/b22-20-,25-14-. The van der Waals surface area contributed by atoms with Crippen molar-refractivity contribution in [2.24, 2.45) is 9.98 Å². The van der Waals surface area contributed by atoms with Crippen LogP contribution in [0.1, 0.15) is 46.2 Å². The van der Waals surface area contributed by atoms with Gasteiger partial charge in [0, 0.05) is 18.3 Å². The van der Waals surface area contributed by atoms with Gasteiger partial charge in [-0.15, -0.1) is 11.8 Å². The number of likely N-dealkylation sites (tertiary alicyclic amines) is 1. The second kappa shape index (κ2) is 13.2. The lowest BCUT2D eigenvalue weighted by Gasteiger charge is -2.31. The predicted octanol–water partition coefficient (Wildman–Crippen LogP) is 4.78. The highest BCUT2D eigenvalue weighted by molar-refractivity contribution is 7.99. The molecule has 1 aromatic rings. The van der Waals surface area contributed by atoms with Crippen molar-refractivity contribution in [2.45, 2.75) is 69.9 Å². The number of aliphatic hydroxyl groups is 1. The maximum atomic E-state index is 12.0. The van der Waals surface area contributed by atoms with Crippen molar-refractivity contribution in [2.75, 3.05) is 25.0 Å². The molecule has 1 aliphatic heterocycles. The molecule has 10 heteroatoms. The number of aliphatic imine (C=N–C) groups is 2. The van der Waals surface area contributed by atoms with Gasteiger partial charge >= 0.3 is 6.09 Å². The molecule has 0 aromatic carbocycles. The number of carbonyl (C=O) groups excluding carboxylic acids is 1. The lowest BCUT2D eigenvalue weighted by atomic mass is 10.1. The minimum atomic E-state index is -0.300. The molecule has 9 nitrogen and oxygen atoms in total. The SMILES string of the molecule is C=N/C=N\C(Nc1ccc(SC(C)C)nc1C)=C(\O)COC1CCN(C(=O)OC(C)C)CC1. The second-order valence-electron chi connectivity index (χ2n) is 8.23. The van der Waals surface area contributed by atoms with E-state index < -0.39 is 0 Å². The summed E-state index contributed by atoms with van der Waals surface area (Å²) in [5.74, 6) is 0.158. The van der Waals surface area contributed by atoms with Crippen molar-refractivity contribution in [1.82, 2.24) is 9.88 Å². The van der Waals surface area contributed by atoms with Crippen LogP contribution in [0.25, 0.3) is 0 Å². The number of hydrogen-bond donors (Lipinski definition) is 2. The van der Waals surface area contributed by atoms with E-state index in [1.54, 1.807) is 16.7 Å². The van der Waals surface area contributed by atoms with Gasteiger partial charge in [0.2, 0.25) is 0 Å². The molecule has 0 bridgehead atoms. The summed E-state index contributed by atoms with van der Waals surface area (Å²) in [4.78, 5) is 26.1. The number of aliphatic hydroxyl groups excluding tert-OH is 1. The largest absolute Gasteiger partial charge is 0.506 e. The smallest absolute Gasteiger partial charge is 0.410 e. The van der Waals surface area contributed by atoms with Gasteiger partial charge in [-0.25, -0.2) is 14.8 Å². The van der Waals surface area contributed by atoms with Crippen LogP contribution in [0.3, 0.4) is 0 Å². The molecule has 182 valence electrons. The summed E-state index contributed by atoms with van der Waals surface area (Å²) in [7, 11) is 0. The lowest BCUT2D eigenvalue weighted by molar-refractivity contribution is 0.00247. The second-order valence-corrected chi connectivity index (χ2v) is 9.82. The molecule has 0 aliphatic carbocycles.